The van der Waals surface area contributed by atoms with E-state index in [0.717, 1.165) is 24.0 Å². The molecule has 0 saturated carbocycles. The van der Waals surface area contributed by atoms with E-state index < -0.39 is 0 Å². The molecule has 3 nitrogen and oxygen atoms in total. The van der Waals surface area contributed by atoms with Gasteiger partial charge >= 0.3 is 0 Å². The number of carbonyl (C=O) groups excluding carboxylic acids is 1. The third kappa shape index (κ3) is 2.86. The van der Waals surface area contributed by atoms with Gasteiger partial charge in [0.05, 0.1) is 12.7 Å². The number of methoxy groups -OCH3 is 1. The minimum absolute atomic E-state index is 0.0749. The Balaban J connectivity index is 2.22. The van der Waals surface area contributed by atoms with Crippen molar-refractivity contribution in [2.75, 3.05) is 20.2 Å². The summed E-state index contributed by atoms with van der Waals surface area (Å²) in [6.45, 7) is 3.89. The summed E-state index contributed by atoms with van der Waals surface area (Å²) in [7, 11) is 1.59. The van der Waals surface area contributed by atoms with E-state index in [4.69, 9.17) is 4.74 Å². The monoisotopic (exact) mass is 311 g/mol. The molecule has 1 heterocycles. The summed E-state index contributed by atoms with van der Waals surface area (Å²) in [4.78, 5) is 14.4. The highest BCUT2D eigenvalue weighted by molar-refractivity contribution is 9.10. The van der Waals surface area contributed by atoms with Gasteiger partial charge in [-0.2, -0.15) is 0 Å². The average molecular weight is 312 g/mol. The van der Waals surface area contributed by atoms with Gasteiger partial charge in [-0.3, -0.25) is 4.79 Å². The molecule has 1 amide bonds. The van der Waals surface area contributed by atoms with E-state index in [1.54, 1.807) is 7.11 Å². The van der Waals surface area contributed by atoms with Gasteiger partial charge in [0, 0.05) is 17.6 Å². The third-order valence-electron chi connectivity index (χ3n) is 3.34. The summed E-state index contributed by atoms with van der Waals surface area (Å²) in [5, 5.41) is 0. The lowest BCUT2D eigenvalue weighted by Crippen LogP contribution is -2.39. The van der Waals surface area contributed by atoms with Gasteiger partial charge in [-0.1, -0.05) is 22.9 Å². The quantitative estimate of drug-likeness (QED) is 0.838. The first-order valence-corrected chi connectivity index (χ1v) is 7.04. The molecule has 2 rings (SSSR count). The highest BCUT2D eigenvalue weighted by atomic mass is 79.9. The topological polar surface area (TPSA) is 29.5 Å². The fraction of sp³-hybridized carbons (Fsp3) is 0.500. The average Bonchev–Trinajstić information content (AvgIpc) is 2.37. The van der Waals surface area contributed by atoms with Crippen molar-refractivity contribution in [1.82, 2.24) is 4.90 Å². The van der Waals surface area contributed by atoms with Crippen LogP contribution in [0.1, 0.15) is 30.1 Å². The second-order valence-corrected chi connectivity index (χ2v) is 5.76. The van der Waals surface area contributed by atoms with Gasteiger partial charge in [0.1, 0.15) is 5.75 Å². The molecule has 1 aromatic rings. The van der Waals surface area contributed by atoms with Crippen LogP contribution in [0.3, 0.4) is 0 Å². The van der Waals surface area contributed by atoms with Crippen molar-refractivity contribution in [3.63, 3.8) is 0 Å². The number of ether oxygens (including phenoxy) is 1. The Morgan fingerprint density at radius 1 is 1.50 bits per heavy atom. The van der Waals surface area contributed by atoms with Crippen molar-refractivity contribution in [3.05, 3.63) is 28.2 Å². The molecule has 1 fully saturated rings. The zero-order valence-electron chi connectivity index (χ0n) is 10.8. The van der Waals surface area contributed by atoms with E-state index in [0.29, 0.717) is 17.2 Å². The maximum atomic E-state index is 12.5. The SMILES string of the molecule is COc1cc(Br)ccc1C(=O)N1CCCC(C)C1. The van der Waals surface area contributed by atoms with Crippen LogP contribution in [0.5, 0.6) is 5.75 Å². The Morgan fingerprint density at radius 2 is 2.28 bits per heavy atom. The Kier molecular flexibility index (Phi) is 4.27. The molecule has 1 unspecified atom stereocenters. The van der Waals surface area contributed by atoms with Crippen LogP contribution in [0.4, 0.5) is 0 Å². The van der Waals surface area contributed by atoms with Gasteiger partial charge in [0.25, 0.3) is 5.91 Å². The molecule has 0 aromatic heterocycles. The van der Waals surface area contributed by atoms with Crippen molar-refractivity contribution < 1.29 is 9.53 Å². The van der Waals surface area contributed by atoms with Crippen LogP contribution in [-0.4, -0.2) is 31.0 Å². The number of hydrogen-bond acceptors (Lipinski definition) is 2. The van der Waals surface area contributed by atoms with Crippen molar-refractivity contribution >= 4 is 21.8 Å². The molecule has 1 aliphatic rings. The Bertz CT molecular complexity index is 447. The van der Waals surface area contributed by atoms with E-state index >= 15 is 0 Å². The summed E-state index contributed by atoms with van der Waals surface area (Å²) in [6.07, 6.45) is 2.30. The number of hydrogen-bond donors (Lipinski definition) is 0. The second kappa shape index (κ2) is 5.74. The standard InChI is InChI=1S/C14H18BrNO2/c1-10-4-3-7-16(9-10)14(17)12-6-5-11(15)8-13(12)18-2/h5-6,8,10H,3-4,7,9H2,1-2H3. The lowest BCUT2D eigenvalue weighted by molar-refractivity contribution is 0.0679. The molecule has 0 aliphatic carbocycles. The van der Waals surface area contributed by atoms with Gasteiger partial charge in [-0.15, -0.1) is 0 Å². The molecular weight excluding hydrogens is 294 g/mol. The van der Waals surface area contributed by atoms with Crippen molar-refractivity contribution in [1.29, 1.82) is 0 Å². The molecule has 18 heavy (non-hydrogen) atoms. The lowest BCUT2D eigenvalue weighted by Gasteiger charge is -2.31. The number of nitrogens with zero attached hydrogens (tertiary/aromatic N) is 1. The molecular formula is C14H18BrNO2. The van der Waals surface area contributed by atoms with E-state index in [2.05, 4.69) is 22.9 Å². The predicted octanol–water partition coefficient (Wildman–Crippen LogP) is 3.33. The maximum Gasteiger partial charge on any atom is 0.257 e. The largest absolute Gasteiger partial charge is 0.496 e. The van der Waals surface area contributed by atoms with Crippen LogP contribution >= 0.6 is 15.9 Å². The van der Waals surface area contributed by atoms with Gasteiger partial charge < -0.3 is 9.64 Å². The molecule has 1 atom stereocenters. The van der Waals surface area contributed by atoms with Crippen LogP contribution in [0.15, 0.2) is 22.7 Å². The summed E-state index contributed by atoms with van der Waals surface area (Å²) < 4.78 is 6.21. The Labute approximate surface area is 116 Å². The van der Waals surface area contributed by atoms with Crippen LogP contribution in [-0.2, 0) is 0 Å². The molecule has 1 aromatic carbocycles. The fourth-order valence-corrected chi connectivity index (χ4v) is 2.73. The van der Waals surface area contributed by atoms with Crippen LogP contribution < -0.4 is 4.74 Å². The fourth-order valence-electron chi connectivity index (χ4n) is 2.39. The third-order valence-corrected chi connectivity index (χ3v) is 3.83. The Morgan fingerprint density at radius 3 is 2.94 bits per heavy atom. The molecule has 0 spiro atoms. The van der Waals surface area contributed by atoms with Gasteiger partial charge in [0.2, 0.25) is 0 Å². The molecule has 1 aliphatic heterocycles. The number of likely N-dealkylation sites (tertiary alicyclic amines) is 1. The highest BCUT2D eigenvalue weighted by Gasteiger charge is 2.24. The van der Waals surface area contributed by atoms with Crippen LogP contribution in [0, 0.1) is 5.92 Å². The normalized spacial score (nSPS) is 19.7. The van der Waals surface area contributed by atoms with Gasteiger partial charge in [0.15, 0.2) is 0 Å². The van der Waals surface area contributed by atoms with E-state index in [-0.39, 0.29) is 5.91 Å². The van der Waals surface area contributed by atoms with Crippen molar-refractivity contribution in [2.24, 2.45) is 5.92 Å². The first kappa shape index (κ1) is 13.4. The minimum Gasteiger partial charge on any atom is -0.496 e. The number of carbonyl (C=O) groups is 1. The predicted molar refractivity (Wildman–Crippen MR) is 75.0 cm³/mol. The highest BCUT2D eigenvalue weighted by Crippen LogP contribution is 2.26. The summed E-state index contributed by atoms with van der Waals surface area (Å²) in [5.74, 6) is 1.29. The maximum absolute atomic E-state index is 12.5. The number of rotatable bonds is 2. The molecule has 4 heteroatoms. The summed E-state index contributed by atoms with van der Waals surface area (Å²) in [6, 6.07) is 5.54. The van der Waals surface area contributed by atoms with Crippen LogP contribution in [0.25, 0.3) is 0 Å². The molecule has 0 N–H and O–H groups in total. The smallest absolute Gasteiger partial charge is 0.257 e. The second-order valence-electron chi connectivity index (χ2n) is 4.84. The Hall–Kier alpha value is -1.03. The zero-order valence-corrected chi connectivity index (χ0v) is 12.4. The van der Waals surface area contributed by atoms with Gasteiger partial charge in [-0.25, -0.2) is 0 Å². The number of benzene rings is 1. The number of halogens is 1. The molecule has 0 radical (unpaired) electrons. The van der Waals surface area contributed by atoms with E-state index in [9.17, 15) is 4.79 Å². The first-order valence-electron chi connectivity index (χ1n) is 6.24. The van der Waals surface area contributed by atoms with E-state index in [1.165, 1.54) is 6.42 Å². The van der Waals surface area contributed by atoms with E-state index in [1.807, 2.05) is 23.1 Å². The number of piperidine rings is 1. The van der Waals surface area contributed by atoms with Crippen LogP contribution in [0.2, 0.25) is 0 Å². The molecule has 98 valence electrons. The lowest BCUT2D eigenvalue weighted by atomic mass is 9.99. The first-order chi connectivity index (χ1) is 8.61. The zero-order chi connectivity index (χ0) is 13.1. The number of amides is 1. The summed E-state index contributed by atoms with van der Waals surface area (Å²) >= 11 is 3.39. The van der Waals surface area contributed by atoms with Crippen molar-refractivity contribution in [2.45, 2.75) is 19.8 Å². The van der Waals surface area contributed by atoms with Crippen molar-refractivity contribution in [3.8, 4) is 5.75 Å². The molecule has 0 bridgehead atoms. The van der Waals surface area contributed by atoms with Gasteiger partial charge in [-0.05, 0) is 37.0 Å². The summed E-state index contributed by atoms with van der Waals surface area (Å²) in [5.41, 5.74) is 0.648. The molecule has 1 saturated heterocycles. The minimum atomic E-state index is 0.0749.